The normalized spacial score (nSPS) is 14.8. The molecule has 0 fully saturated rings. The predicted molar refractivity (Wildman–Crippen MR) is 86.7 cm³/mol. The van der Waals surface area contributed by atoms with Crippen LogP contribution in [0.4, 0.5) is 11.4 Å². The van der Waals surface area contributed by atoms with Crippen molar-refractivity contribution in [3.05, 3.63) is 23.8 Å². The minimum atomic E-state index is -0.513. The first-order valence-corrected chi connectivity index (χ1v) is 6.95. The highest BCUT2D eigenvalue weighted by molar-refractivity contribution is 5.97. The van der Waals surface area contributed by atoms with Gasteiger partial charge in [0.15, 0.2) is 0 Å². The fourth-order valence-electron chi connectivity index (χ4n) is 2.30. The van der Waals surface area contributed by atoms with Gasteiger partial charge in [-0.3, -0.25) is 9.59 Å². The van der Waals surface area contributed by atoms with E-state index in [0.717, 1.165) is 17.7 Å². The summed E-state index contributed by atoms with van der Waals surface area (Å²) < 4.78 is 0. The Bertz CT molecular complexity index is 532. The Kier molecular flexibility index (Phi) is 6.18. The van der Waals surface area contributed by atoms with Gasteiger partial charge in [-0.1, -0.05) is 19.9 Å². The molecule has 0 saturated carbocycles. The van der Waals surface area contributed by atoms with E-state index in [4.69, 9.17) is 5.73 Å². The summed E-state index contributed by atoms with van der Waals surface area (Å²) in [5, 5.41) is 5.61. The molecule has 1 atom stereocenters. The van der Waals surface area contributed by atoms with E-state index in [1.165, 1.54) is 0 Å². The number of hydrogen-bond acceptors (Lipinski definition) is 3. The van der Waals surface area contributed by atoms with Crippen LogP contribution in [0, 0.1) is 5.92 Å². The minimum Gasteiger partial charge on any atom is -0.326 e. The van der Waals surface area contributed by atoms with Crippen LogP contribution in [-0.2, 0) is 16.0 Å². The van der Waals surface area contributed by atoms with E-state index in [9.17, 15) is 9.59 Å². The van der Waals surface area contributed by atoms with Crippen LogP contribution in [0.3, 0.4) is 0 Å². The number of halogens is 1. The number of nitrogens with one attached hydrogen (secondary N) is 2. The molecule has 1 heterocycles. The molecule has 1 aliphatic heterocycles. The van der Waals surface area contributed by atoms with E-state index in [0.29, 0.717) is 24.4 Å². The number of nitrogens with two attached hydrogens (primary N) is 1. The molecule has 0 aliphatic carbocycles. The molecule has 1 aliphatic rings. The molecule has 5 nitrogen and oxygen atoms in total. The summed E-state index contributed by atoms with van der Waals surface area (Å²) in [6.07, 6.45) is 1.90. The van der Waals surface area contributed by atoms with Crippen molar-refractivity contribution in [3.63, 3.8) is 0 Å². The van der Waals surface area contributed by atoms with Crippen molar-refractivity contribution in [3.8, 4) is 0 Å². The summed E-state index contributed by atoms with van der Waals surface area (Å²) >= 11 is 0. The number of carbonyl (C=O) groups is 2. The molecule has 0 unspecified atom stereocenters. The van der Waals surface area contributed by atoms with Crippen LogP contribution in [0.25, 0.3) is 0 Å². The molecule has 2 rings (SSSR count). The van der Waals surface area contributed by atoms with Crippen LogP contribution in [0.1, 0.15) is 32.3 Å². The number of aryl methyl sites for hydroxylation is 1. The van der Waals surface area contributed by atoms with Crippen LogP contribution < -0.4 is 16.4 Å². The molecule has 116 valence electrons. The first-order chi connectivity index (χ1) is 9.45. The van der Waals surface area contributed by atoms with E-state index in [1.807, 2.05) is 26.0 Å². The molecule has 0 spiro atoms. The predicted octanol–water partition coefficient (Wildman–Crippen LogP) is 2.31. The quantitative estimate of drug-likeness (QED) is 0.797. The van der Waals surface area contributed by atoms with Crippen molar-refractivity contribution in [1.29, 1.82) is 0 Å². The first kappa shape index (κ1) is 17.5. The second-order valence-electron chi connectivity index (χ2n) is 5.65. The molecule has 0 bridgehead atoms. The summed E-state index contributed by atoms with van der Waals surface area (Å²) in [6, 6.07) is 5.04. The van der Waals surface area contributed by atoms with Crippen molar-refractivity contribution in [1.82, 2.24) is 0 Å². The second kappa shape index (κ2) is 7.43. The van der Waals surface area contributed by atoms with E-state index >= 15 is 0 Å². The van der Waals surface area contributed by atoms with Gasteiger partial charge in [0.2, 0.25) is 11.8 Å². The Labute approximate surface area is 131 Å². The molecular formula is C15H22ClN3O2. The Morgan fingerprint density at radius 3 is 2.76 bits per heavy atom. The average molecular weight is 312 g/mol. The maximum Gasteiger partial charge on any atom is 0.241 e. The van der Waals surface area contributed by atoms with Crippen LogP contribution in [0.5, 0.6) is 0 Å². The van der Waals surface area contributed by atoms with Crippen LogP contribution in [0.15, 0.2) is 18.2 Å². The average Bonchev–Trinajstić information content (AvgIpc) is 2.37. The van der Waals surface area contributed by atoms with Crippen LogP contribution in [-0.4, -0.2) is 17.9 Å². The number of amides is 2. The van der Waals surface area contributed by atoms with Crippen molar-refractivity contribution >= 4 is 35.6 Å². The Hall–Kier alpha value is -1.59. The van der Waals surface area contributed by atoms with Gasteiger partial charge in [-0.25, -0.2) is 0 Å². The third-order valence-electron chi connectivity index (χ3n) is 3.34. The second-order valence-corrected chi connectivity index (χ2v) is 5.65. The molecule has 6 heteroatoms. The number of carbonyl (C=O) groups excluding carboxylic acids is 2. The van der Waals surface area contributed by atoms with Gasteiger partial charge in [0.1, 0.15) is 0 Å². The van der Waals surface area contributed by atoms with Gasteiger partial charge in [0.25, 0.3) is 0 Å². The van der Waals surface area contributed by atoms with Crippen molar-refractivity contribution in [2.45, 2.75) is 39.2 Å². The van der Waals surface area contributed by atoms with Gasteiger partial charge in [-0.05, 0) is 36.5 Å². The monoisotopic (exact) mass is 311 g/mol. The van der Waals surface area contributed by atoms with E-state index in [-0.39, 0.29) is 24.2 Å². The van der Waals surface area contributed by atoms with Crippen molar-refractivity contribution < 1.29 is 9.59 Å². The summed E-state index contributed by atoms with van der Waals surface area (Å²) in [4.78, 5) is 23.3. The lowest BCUT2D eigenvalue weighted by Gasteiger charge is -2.19. The number of hydrogen-bond donors (Lipinski definition) is 3. The Morgan fingerprint density at radius 2 is 2.10 bits per heavy atom. The number of benzene rings is 1. The highest BCUT2D eigenvalue weighted by atomic mass is 35.5. The topological polar surface area (TPSA) is 84.2 Å². The largest absolute Gasteiger partial charge is 0.326 e. The highest BCUT2D eigenvalue weighted by Gasteiger charge is 2.18. The minimum absolute atomic E-state index is 0. The summed E-state index contributed by atoms with van der Waals surface area (Å²) in [5.41, 5.74) is 8.37. The van der Waals surface area contributed by atoms with Gasteiger partial charge >= 0.3 is 0 Å². The van der Waals surface area contributed by atoms with Crippen molar-refractivity contribution in [2.75, 3.05) is 10.6 Å². The zero-order chi connectivity index (χ0) is 14.7. The van der Waals surface area contributed by atoms with Gasteiger partial charge < -0.3 is 16.4 Å². The molecular weight excluding hydrogens is 290 g/mol. The maximum atomic E-state index is 12.0. The Morgan fingerprint density at radius 1 is 1.38 bits per heavy atom. The lowest BCUT2D eigenvalue weighted by Crippen LogP contribution is -2.36. The van der Waals surface area contributed by atoms with Gasteiger partial charge in [-0.15, -0.1) is 12.4 Å². The molecule has 1 aromatic rings. The fraction of sp³-hybridized carbons (Fsp3) is 0.467. The smallest absolute Gasteiger partial charge is 0.241 e. The standard InChI is InChI=1S/C15H21N3O2.ClH/c1-9(2)7-12(16)15(20)17-11-5-3-10-4-6-14(19)18-13(10)8-11;/h3,5,8-9,12H,4,6-7,16H2,1-2H3,(H,17,20)(H,18,19);1H/t12-;/m0./s1. The van der Waals surface area contributed by atoms with Gasteiger partial charge in [-0.2, -0.15) is 0 Å². The summed E-state index contributed by atoms with van der Waals surface area (Å²) in [5.74, 6) is 0.192. The van der Waals surface area contributed by atoms with E-state index in [1.54, 1.807) is 6.07 Å². The molecule has 0 aromatic heterocycles. The molecule has 4 N–H and O–H groups in total. The lowest BCUT2D eigenvalue weighted by molar-refractivity contribution is -0.118. The SMILES string of the molecule is CC(C)C[C@H](N)C(=O)Nc1ccc2c(c1)NC(=O)CC2.Cl. The van der Waals surface area contributed by atoms with Crippen molar-refractivity contribution in [2.24, 2.45) is 11.7 Å². The van der Waals surface area contributed by atoms with E-state index in [2.05, 4.69) is 10.6 Å². The highest BCUT2D eigenvalue weighted by Crippen LogP contribution is 2.26. The molecule has 1 aromatic carbocycles. The number of rotatable bonds is 4. The third-order valence-corrected chi connectivity index (χ3v) is 3.34. The Balaban J connectivity index is 0.00000220. The van der Waals surface area contributed by atoms with Gasteiger partial charge in [0.05, 0.1) is 6.04 Å². The molecule has 21 heavy (non-hydrogen) atoms. The summed E-state index contributed by atoms with van der Waals surface area (Å²) in [7, 11) is 0. The third kappa shape index (κ3) is 4.72. The van der Waals surface area contributed by atoms with E-state index < -0.39 is 6.04 Å². The van der Waals surface area contributed by atoms with Crippen LogP contribution >= 0.6 is 12.4 Å². The lowest BCUT2D eigenvalue weighted by atomic mass is 10.0. The number of anilines is 2. The zero-order valence-electron chi connectivity index (χ0n) is 12.3. The molecule has 0 radical (unpaired) electrons. The molecule has 0 saturated heterocycles. The summed E-state index contributed by atoms with van der Waals surface area (Å²) in [6.45, 7) is 4.06. The molecule has 2 amide bonds. The van der Waals surface area contributed by atoms with Crippen LogP contribution in [0.2, 0.25) is 0 Å². The first-order valence-electron chi connectivity index (χ1n) is 6.95. The van der Waals surface area contributed by atoms with Gasteiger partial charge in [0, 0.05) is 17.8 Å². The fourth-order valence-corrected chi connectivity index (χ4v) is 2.30. The number of fused-ring (bicyclic) bond motifs is 1. The zero-order valence-corrected chi connectivity index (χ0v) is 13.1. The maximum absolute atomic E-state index is 12.0.